The van der Waals surface area contributed by atoms with Crippen molar-refractivity contribution in [1.82, 2.24) is 5.32 Å². The van der Waals surface area contributed by atoms with Gasteiger partial charge in [-0.2, -0.15) is 0 Å². The van der Waals surface area contributed by atoms with E-state index >= 15 is 0 Å². The van der Waals surface area contributed by atoms with Gasteiger partial charge in [-0.15, -0.1) is 12.4 Å². The molecule has 1 amide bonds. The molecule has 1 fully saturated rings. The number of halogens is 1. The van der Waals surface area contributed by atoms with Gasteiger partial charge in [0.25, 0.3) is 0 Å². The van der Waals surface area contributed by atoms with Crippen LogP contribution in [0.15, 0.2) is 0 Å². The second kappa shape index (κ2) is 9.59. The molecule has 1 aliphatic rings. The molecule has 0 aromatic rings. The Morgan fingerprint density at radius 1 is 1.33 bits per heavy atom. The highest BCUT2D eigenvalue weighted by Crippen LogP contribution is 2.30. The zero-order valence-corrected chi connectivity index (χ0v) is 12.3. The molecule has 5 heteroatoms. The summed E-state index contributed by atoms with van der Waals surface area (Å²) < 4.78 is 5.00. The van der Waals surface area contributed by atoms with Crippen molar-refractivity contribution in [2.75, 3.05) is 20.2 Å². The zero-order valence-electron chi connectivity index (χ0n) is 11.5. The Bertz CT molecular complexity index is 227. The van der Waals surface area contributed by atoms with Crippen LogP contribution in [0.5, 0.6) is 0 Å². The summed E-state index contributed by atoms with van der Waals surface area (Å²) in [7, 11) is 1.52. The van der Waals surface area contributed by atoms with Crippen molar-refractivity contribution in [3.05, 3.63) is 0 Å². The second-order valence-electron chi connectivity index (χ2n) is 5.00. The third kappa shape index (κ3) is 5.55. The number of ether oxygens (including phenoxy) is 1. The van der Waals surface area contributed by atoms with Gasteiger partial charge in [0, 0.05) is 20.2 Å². The van der Waals surface area contributed by atoms with Gasteiger partial charge in [-0.3, -0.25) is 4.79 Å². The molecule has 1 atom stereocenters. The molecule has 0 aromatic heterocycles. The predicted molar refractivity (Wildman–Crippen MR) is 75.8 cm³/mol. The van der Waals surface area contributed by atoms with Crippen LogP contribution >= 0.6 is 12.4 Å². The van der Waals surface area contributed by atoms with Gasteiger partial charge in [-0.05, 0) is 24.7 Å². The lowest BCUT2D eigenvalue weighted by Crippen LogP contribution is -2.42. The first-order valence-corrected chi connectivity index (χ1v) is 6.71. The first kappa shape index (κ1) is 17.7. The van der Waals surface area contributed by atoms with Crippen LogP contribution < -0.4 is 11.1 Å². The highest BCUT2D eigenvalue weighted by atomic mass is 35.5. The van der Waals surface area contributed by atoms with Gasteiger partial charge >= 0.3 is 0 Å². The van der Waals surface area contributed by atoms with E-state index in [9.17, 15) is 4.79 Å². The van der Waals surface area contributed by atoms with E-state index in [1.807, 2.05) is 0 Å². The molecule has 0 radical (unpaired) electrons. The summed E-state index contributed by atoms with van der Waals surface area (Å²) in [6, 6.07) is 0. The van der Waals surface area contributed by atoms with Crippen molar-refractivity contribution >= 4 is 18.3 Å². The molecule has 0 aliphatic heterocycles. The van der Waals surface area contributed by atoms with Crippen LogP contribution in [0.2, 0.25) is 0 Å². The Labute approximate surface area is 116 Å². The van der Waals surface area contributed by atoms with Crippen molar-refractivity contribution in [1.29, 1.82) is 0 Å². The highest BCUT2D eigenvalue weighted by molar-refractivity contribution is 5.85. The molecule has 18 heavy (non-hydrogen) atoms. The lowest BCUT2D eigenvalue weighted by Gasteiger charge is -2.28. The van der Waals surface area contributed by atoms with Crippen molar-refractivity contribution < 1.29 is 9.53 Å². The summed E-state index contributed by atoms with van der Waals surface area (Å²) in [4.78, 5) is 11.7. The molecule has 1 unspecified atom stereocenters. The SMILES string of the molecule is CCC1CCC(CNC(=O)C(CN)OC)CC1.Cl. The van der Waals surface area contributed by atoms with E-state index in [0.29, 0.717) is 5.92 Å². The molecule has 4 nitrogen and oxygen atoms in total. The molecule has 1 rings (SSSR count). The second-order valence-corrected chi connectivity index (χ2v) is 5.00. The lowest BCUT2D eigenvalue weighted by molar-refractivity contribution is -0.130. The molecule has 108 valence electrons. The van der Waals surface area contributed by atoms with E-state index in [2.05, 4.69) is 12.2 Å². The van der Waals surface area contributed by atoms with Crippen molar-refractivity contribution in [3.63, 3.8) is 0 Å². The van der Waals surface area contributed by atoms with Gasteiger partial charge in [0.05, 0.1) is 0 Å². The Morgan fingerprint density at radius 3 is 2.33 bits per heavy atom. The lowest BCUT2D eigenvalue weighted by atomic mass is 9.81. The number of rotatable bonds is 6. The van der Waals surface area contributed by atoms with Crippen LogP contribution in [0.3, 0.4) is 0 Å². The van der Waals surface area contributed by atoms with E-state index in [1.165, 1.54) is 39.2 Å². The number of carbonyl (C=O) groups excluding carboxylic acids is 1. The van der Waals surface area contributed by atoms with E-state index in [4.69, 9.17) is 10.5 Å². The summed E-state index contributed by atoms with van der Waals surface area (Å²) in [5.74, 6) is 1.46. The van der Waals surface area contributed by atoms with Gasteiger partial charge in [0.2, 0.25) is 5.91 Å². The minimum absolute atomic E-state index is 0. The van der Waals surface area contributed by atoms with Crippen molar-refractivity contribution in [2.45, 2.75) is 45.1 Å². The number of hydrogen-bond acceptors (Lipinski definition) is 3. The third-order valence-corrected chi connectivity index (χ3v) is 3.90. The van der Waals surface area contributed by atoms with E-state index in [1.54, 1.807) is 0 Å². The Hall–Kier alpha value is -0.320. The highest BCUT2D eigenvalue weighted by Gasteiger charge is 2.22. The quantitative estimate of drug-likeness (QED) is 0.777. The average Bonchev–Trinajstić information content (AvgIpc) is 2.38. The van der Waals surface area contributed by atoms with Crippen molar-refractivity contribution in [3.8, 4) is 0 Å². The van der Waals surface area contributed by atoms with E-state index in [0.717, 1.165) is 12.5 Å². The van der Waals surface area contributed by atoms with Gasteiger partial charge in [-0.1, -0.05) is 26.2 Å². The zero-order chi connectivity index (χ0) is 12.7. The summed E-state index contributed by atoms with van der Waals surface area (Å²) in [6.45, 7) is 3.28. The molecule has 0 bridgehead atoms. The number of carbonyl (C=O) groups is 1. The predicted octanol–water partition coefficient (Wildman–Crippen LogP) is 1.71. The van der Waals surface area contributed by atoms with Crippen LogP contribution in [-0.4, -0.2) is 32.2 Å². The van der Waals surface area contributed by atoms with Crippen LogP contribution in [0.1, 0.15) is 39.0 Å². The number of amides is 1. The Kier molecular flexibility index (Phi) is 9.42. The number of methoxy groups -OCH3 is 1. The Balaban J connectivity index is 0.00000289. The summed E-state index contributed by atoms with van der Waals surface area (Å²) in [5, 5.41) is 2.94. The third-order valence-electron chi connectivity index (χ3n) is 3.90. The van der Waals surface area contributed by atoms with E-state index in [-0.39, 0.29) is 24.9 Å². The molecular weight excluding hydrogens is 252 g/mol. The van der Waals surface area contributed by atoms with Gasteiger partial charge in [0.1, 0.15) is 6.10 Å². The first-order valence-electron chi connectivity index (χ1n) is 6.71. The largest absolute Gasteiger partial charge is 0.370 e. The summed E-state index contributed by atoms with van der Waals surface area (Å²) in [5.41, 5.74) is 5.44. The van der Waals surface area contributed by atoms with Crippen molar-refractivity contribution in [2.24, 2.45) is 17.6 Å². The fourth-order valence-corrected chi connectivity index (χ4v) is 2.51. The number of nitrogens with two attached hydrogens (primary N) is 1. The maximum absolute atomic E-state index is 11.7. The monoisotopic (exact) mass is 278 g/mol. The fourth-order valence-electron chi connectivity index (χ4n) is 2.51. The first-order chi connectivity index (χ1) is 8.21. The molecule has 0 heterocycles. The minimum atomic E-state index is -0.498. The van der Waals surface area contributed by atoms with Gasteiger partial charge < -0.3 is 15.8 Å². The van der Waals surface area contributed by atoms with Gasteiger partial charge in [0.15, 0.2) is 0 Å². The van der Waals surface area contributed by atoms with Gasteiger partial charge in [-0.25, -0.2) is 0 Å². The number of nitrogens with one attached hydrogen (secondary N) is 1. The maximum atomic E-state index is 11.7. The molecule has 0 spiro atoms. The molecule has 0 saturated heterocycles. The smallest absolute Gasteiger partial charge is 0.250 e. The number of hydrogen-bond donors (Lipinski definition) is 2. The standard InChI is InChI=1S/C13H26N2O2.ClH/c1-3-10-4-6-11(7-5-10)9-15-13(16)12(8-14)17-2;/h10-12H,3-9,14H2,1-2H3,(H,15,16);1H. The molecular formula is C13H27ClN2O2. The Morgan fingerprint density at radius 2 is 1.89 bits per heavy atom. The normalized spacial score (nSPS) is 25.1. The molecule has 3 N–H and O–H groups in total. The molecule has 0 aromatic carbocycles. The van der Waals surface area contributed by atoms with E-state index < -0.39 is 6.10 Å². The van der Waals surface area contributed by atoms with Crippen LogP contribution in [-0.2, 0) is 9.53 Å². The van der Waals surface area contributed by atoms with Crippen LogP contribution in [0, 0.1) is 11.8 Å². The summed E-state index contributed by atoms with van der Waals surface area (Å²) >= 11 is 0. The minimum Gasteiger partial charge on any atom is -0.370 e. The fraction of sp³-hybridized carbons (Fsp3) is 0.923. The molecule has 1 aliphatic carbocycles. The summed E-state index contributed by atoms with van der Waals surface area (Å²) in [6.07, 6.45) is 5.88. The average molecular weight is 279 g/mol. The van der Waals surface area contributed by atoms with Crippen LogP contribution in [0.25, 0.3) is 0 Å². The topological polar surface area (TPSA) is 64.4 Å². The maximum Gasteiger partial charge on any atom is 0.250 e. The molecule has 1 saturated carbocycles. The van der Waals surface area contributed by atoms with Crippen LogP contribution in [0.4, 0.5) is 0 Å².